The summed E-state index contributed by atoms with van der Waals surface area (Å²) >= 11 is 3.19. The number of hydrogen-bond acceptors (Lipinski definition) is 5. The molecule has 0 atom stereocenters. The van der Waals surface area contributed by atoms with Crippen molar-refractivity contribution in [3.63, 3.8) is 0 Å². The Morgan fingerprint density at radius 3 is 2.58 bits per heavy atom. The van der Waals surface area contributed by atoms with Gasteiger partial charge in [0.15, 0.2) is 0 Å². The number of nitrogens with one attached hydrogen (secondary N) is 1. The van der Waals surface area contributed by atoms with Crippen molar-refractivity contribution >= 4 is 39.3 Å². The minimum Gasteiger partial charge on any atom is -0.489 e. The van der Waals surface area contributed by atoms with Crippen LogP contribution in [0.3, 0.4) is 0 Å². The second-order valence-electron chi connectivity index (χ2n) is 6.39. The van der Waals surface area contributed by atoms with Gasteiger partial charge in [0.25, 0.3) is 11.6 Å². The van der Waals surface area contributed by atoms with E-state index >= 15 is 0 Å². The van der Waals surface area contributed by atoms with Crippen LogP contribution < -0.4 is 10.1 Å². The average molecular weight is 478 g/mol. The van der Waals surface area contributed by atoms with Crippen LogP contribution in [-0.4, -0.2) is 10.8 Å². The number of carbonyl (C=O) groups excluding carboxylic acids is 1. The van der Waals surface area contributed by atoms with Crippen molar-refractivity contribution in [3.8, 4) is 11.8 Å². The Morgan fingerprint density at radius 1 is 1.13 bits per heavy atom. The maximum absolute atomic E-state index is 12.5. The number of non-ortho nitro benzene ring substituents is 1. The van der Waals surface area contributed by atoms with E-state index < -0.39 is 10.8 Å². The lowest BCUT2D eigenvalue weighted by molar-refractivity contribution is -0.384. The summed E-state index contributed by atoms with van der Waals surface area (Å²) in [7, 11) is 0. The van der Waals surface area contributed by atoms with Gasteiger partial charge in [-0.15, -0.1) is 0 Å². The van der Waals surface area contributed by atoms with Gasteiger partial charge in [0, 0.05) is 16.6 Å². The number of halogens is 1. The molecule has 0 fully saturated rings. The number of nitrogens with zero attached hydrogens (tertiary/aromatic N) is 2. The van der Waals surface area contributed by atoms with Crippen molar-refractivity contribution in [1.29, 1.82) is 5.26 Å². The fourth-order valence-corrected chi connectivity index (χ4v) is 3.12. The van der Waals surface area contributed by atoms with Gasteiger partial charge in [-0.05, 0) is 51.3 Å². The molecule has 0 bridgehead atoms. The normalized spacial score (nSPS) is 10.8. The molecule has 8 heteroatoms. The Hall–Kier alpha value is -3.96. The molecule has 3 rings (SSSR count). The van der Waals surface area contributed by atoms with Gasteiger partial charge in [-0.1, -0.05) is 42.5 Å². The summed E-state index contributed by atoms with van der Waals surface area (Å²) in [6, 6.07) is 22.6. The molecule has 1 amide bonds. The van der Waals surface area contributed by atoms with Crippen molar-refractivity contribution < 1.29 is 14.5 Å². The van der Waals surface area contributed by atoms with E-state index in [9.17, 15) is 20.2 Å². The van der Waals surface area contributed by atoms with Gasteiger partial charge in [0.05, 0.1) is 10.6 Å². The van der Waals surface area contributed by atoms with Crippen LogP contribution in [0.25, 0.3) is 6.08 Å². The predicted molar refractivity (Wildman–Crippen MR) is 120 cm³/mol. The fourth-order valence-electron chi connectivity index (χ4n) is 2.66. The van der Waals surface area contributed by atoms with Crippen LogP contribution in [0.4, 0.5) is 11.4 Å². The smallest absolute Gasteiger partial charge is 0.270 e. The molecule has 0 spiro atoms. The number of rotatable bonds is 7. The first-order valence-electron chi connectivity index (χ1n) is 9.10. The number of anilines is 1. The first kappa shape index (κ1) is 21.7. The van der Waals surface area contributed by atoms with E-state index in [0.29, 0.717) is 28.1 Å². The zero-order valence-electron chi connectivity index (χ0n) is 16.1. The van der Waals surface area contributed by atoms with Crippen molar-refractivity contribution in [2.24, 2.45) is 0 Å². The largest absolute Gasteiger partial charge is 0.489 e. The minimum atomic E-state index is -0.632. The predicted octanol–water partition coefficient (Wildman–Crippen LogP) is 5.48. The first-order chi connectivity index (χ1) is 15.0. The van der Waals surface area contributed by atoms with E-state index in [2.05, 4.69) is 21.2 Å². The second-order valence-corrected chi connectivity index (χ2v) is 7.25. The Kier molecular flexibility index (Phi) is 7.14. The number of amides is 1. The molecule has 7 nitrogen and oxygen atoms in total. The molecule has 0 saturated heterocycles. The molecule has 0 aliphatic heterocycles. The van der Waals surface area contributed by atoms with E-state index in [-0.39, 0.29) is 11.3 Å². The number of carbonyl (C=O) groups is 1. The first-order valence-corrected chi connectivity index (χ1v) is 9.89. The van der Waals surface area contributed by atoms with Crippen LogP contribution in [0.15, 0.2) is 82.8 Å². The highest BCUT2D eigenvalue weighted by atomic mass is 79.9. The SMILES string of the molecule is N#C/C(=C\c1cccc(OCc2ccccc2)c1)C(=O)Nc1ccc([N+](=O)[O-])cc1Br. The summed E-state index contributed by atoms with van der Waals surface area (Å²) in [6.45, 7) is 0.397. The van der Waals surface area contributed by atoms with Gasteiger partial charge < -0.3 is 10.1 Å². The molecule has 0 radical (unpaired) electrons. The molecule has 0 aliphatic rings. The molecule has 154 valence electrons. The van der Waals surface area contributed by atoms with E-state index in [1.54, 1.807) is 24.3 Å². The summed E-state index contributed by atoms with van der Waals surface area (Å²) in [5.41, 5.74) is 1.73. The number of nitriles is 1. The van der Waals surface area contributed by atoms with Crippen LogP contribution in [0.5, 0.6) is 5.75 Å². The quantitative estimate of drug-likeness (QED) is 0.210. The zero-order chi connectivity index (χ0) is 22.2. The molecule has 3 aromatic rings. The molecular weight excluding hydrogens is 462 g/mol. The highest BCUT2D eigenvalue weighted by Gasteiger charge is 2.14. The van der Waals surface area contributed by atoms with Crippen molar-refractivity contribution in [2.45, 2.75) is 6.61 Å². The minimum absolute atomic E-state index is 0.117. The topological polar surface area (TPSA) is 105 Å². The monoisotopic (exact) mass is 477 g/mol. The molecule has 0 aliphatic carbocycles. The zero-order valence-corrected chi connectivity index (χ0v) is 17.7. The Labute approximate surface area is 186 Å². The third-order valence-electron chi connectivity index (χ3n) is 4.19. The maximum Gasteiger partial charge on any atom is 0.270 e. The van der Waals surface area contributed by atoms with Crippen molar-refractivity contribution in [1.82, 2.24) is 0 Å². The summed E-state index contributed by atoms with van der Waals surface area (Å²) in [5, 5.41) is 22.8. The molecule has 0 aromatic heterocycles. The summed E-state index contributed by atoms with van der Waals surface area (Å²) in [6.07, 6.45) is 1.45. The van der Waals surface area contributed by atoms with Gasteiger partial charge in [0.2, 0.25) is 0 Å². The fraction of sp³-hybridized carbons (Fsp3) is 0.0435. The van der Waals surface area contributed by atoms with E-state index in [0.717, 1.165) is 5.56 Å². The molecule has 0 heterocycles. The van der Waals surface area contributed by atoms with E-state index in [1.807, 2.05) is 36.4 Å². The van der Waals surface area contributed by atoms with Gasteiger partial charge in [-0.25, -0.2) is 0 Å². The molecule has 31 heavy (non-hydrogen) atoms. The highest BCUT2D eigenvalue weighted by molar-refractivity contribution is 9.10. The van der Waals surface area contributed by atoms with Gasteiger partial charge in [0.1, 0.15) is 24.0 Å². The van der Waals surface area contributed by atoms with Crippen LogP contribution in [-0.2, 0) is 11.4 Å². The Balaban J connectivity index is 1.73. The summed E-state index contributed by atoms with van der Waals surface area (Å²) in [4.78, 5) is 22.8. The van der Waals surface area contributed by atoms with E-state index in [1.165, 1.54) is 24.3 Å². The standard InChI is InChI=1S/C23H16BrN3O4/c24-21-13-19(27(29)30)9-10-22(21)26-23(28)18(14-25)11-17-7-4-8-20(12-17)31-15-16-5-2-1-3-6-16/h1-13H,15H2,(H,26,28)/b18-11+. The lowest BCUT2D eigenvalue weighted by Gasteiger charge is -2.08. The Morgan fingerprint density at radius 2 is 1.90 bits per heavy atom. The lowest BCUT2D eigenvalue weighted by Crippen LogP contribution is -2.13. The van der Waals surface area contributed by atoms with Gasteiger partial charge >= 0.3 is 0 Å². The number of nitro benzene ring substituents is 1. The van der Waals surface area contributed by atoms with Crippen LogP contribution in [0.1, 0.15) is 11.1 Å². The van der Waals surface area contributed by atoms with Crippen LogP contribution >= 0.6 is 15.9 Å². The number of benzene rings is 3. The molecule has 0 saturated carbocycles. The van der Waals surface area contributed by atoms with E-state index in [4.69, 9.17) is 4.74 Å². The third kappa shape index (κ3) is 6.01. The van der Waals surface area contributed by atoms with Crippen molar-refractivity contribution in [3.05, 3.63) is 104 Å². The van der Waals surface area contributed by atoms with Gasteiger partial charge in [-0.3, -0.25) is 14.9 Å². The highest BCUT2D eigenvalue weighted by Crippen LogP contribution is 2.27. The molecule has 0 unspecified atom stereocenters. The third-order valence-corrected chi connectivity index (χ3v) is 4.85. The second kappa shape index (κ2) is 10.2. The van der Waals surface area contributed by atoms with Crippen LogP contribution in [0, 0.1) is 21.4 Å². The maximum atomic E-state index is 12.5. The van der Waals surface area contributed by atoms with Crippen LogP contribution in [0.2, 0.25) is 0 Å². The molecular formula is C23H16BrN3O4. The average Bonchev–Trinajstić information content (AvgIpc) is 2.78. The number of hydrogen-bond donors (Lipinski definition) is 1. The number of ether oxygens (including phenoxy) is 1. The lowest BCUT2D eigenvalue weighted by atomic mass is 10.1. The Bertz CT molecular complexity index is 1190. The molecule has 1 N–H and O–H groups in total. The molecule has 3 aromatic carbocycles. The number of nitro groups is 1. The van der Waals surface area contributed by atoms with Crippen molar-refractivity contribution in [2.75, 3.05) is 5.32 Å². The van der Waals surface area contributed by atoms with Gasteiger partial charge in [-0.2, -0.15) is 5.26 Å². The summed E-state index contributed by atoms with van der Waals surface area (Å²) in [5.74, 6) is -0.0268. The summed E-state index contributed by atoms with van der Waals surface area (Å²) < 4.78 is 6.11.